The van der Waals surface area contributed by atoms with E-state index in [0.29, 0.717) is 0 Å². The van der Waals surface area contributed by atoms with Gasteiger partial charge in [0.15, 0.2) is 0 Å². The molecule has 0 atom stereocenters. The lowest BCUT2D eigenvalue weighted by Gasteiger charge is -2.37. The van der Waals surface area contributed by atoms with Crippen LogP contribution in [0.25, 0.3) is 33.1 Å². The highest BCUT2D eigenvalue weighted by molar-refractivity contribution is 7.98. The van der Waals surface area contributed by atoms with E-state index < -0.39 is 6.89 Å². The van der Waals surface area contributed by atoms with Crippen LogP contribution in [-0.2, 0) is 0 Å². The Kier molecular flexibility index (Phi) is 9.01. The van der Waals surface area contributed by atoms with Crippen molar-refractivity contribution in [2.75, 3.05) is 0 Å². The second-order valence-electron chi connectivity index (χ2n) is 11.8. The Morgan fingerprint density at radius 1 is 0.438 bits per heavy atom. The Morgan fingerprint density at radius 2 is 0.854 bits per heavy atom. The van der Waals surface area contributed by atoms with Crippen molar-refractivity contribution in [3.63, 3.8) is 0 Å². The molecule has 6 aromatic carbocycles. The Balaban J connectivity index is 1.64. The van der Waals surface area contributed by atoms with E-state index in [4.69, 9.17) is 0 Å². The number of rotatable bonds is 9. The summed E-state index contributed by atoms with van der Waals surface area (Å²) in [6.45, 7) is 6.04. The lowest BCUT2D eigenvalue weighted by molar-refractivity contribution is 1.55. The lowest BCUT2D eigenvalue weighted by Crippen LogP contribution is -2.25. The van der Waals surface area contributed by atoms with Crippen LogP contribution >= 0.6 is 6.89 Å². The van der Waals surface area contributed by atoms with Gasteiger partial charge < -0.3 is 0 Å². The summed E-state index contributed by atoms with van der Waals surface area (Å²) in [6, 6.07) is 61.3. The SMILES string of the molecule is C=C/C=C(\C=C)C1=P(c2ccccc2)(c2ccccc2)C(c2ccccc2)=CC(c2cc(-c3ccccc3)cc(-c3ccccc3)c2)=C1. The van der Waals surface area contributed by atoms with Crippen molar-refractivity contribution >= 4 is 33.7 Å². The molecule has 6 aromatic rings. The summed E-state index contributed by atoms with van der Waals surface area (Å²) in [5.41, 5.74) is 9.38. The standard InChI is InChI=1S/C47H37P/c1-3-20-36(4-2)46-34-43(42-32-40(37-21-10-5-11-22-37)31-41(33-42)38-23-12-6-13-24-38)35-47(39-25-14-7-15-26-39)48(46,44-27-16-8-17-28-44)45-29-18-9-19-30-45/h3-35H,1-2H2/b36-20+. The van der Waals surface area contributed by atoms with Crippen LogP contribution < -0.4 is 10.6 Å². The molecular weight excluding hydrogens is 595 g/mol. The minimum atomic E-state index is -2.42. The fourth-order valence-corrected chi connectivity index (χ4v) is 11.4. The van der Waals surface area contributed by atoms with E-state index in [2.05, 4.69) is 201 Å². The lowest BCUT2D eigenvalue weighted by atomic mass is 9.92. The molecule has 0 fully saturated rings. The van der Waals surface area contributed by atoms with Gasteiger partial charge in [-0.25, -0.2) is 0 Å². The van der Waals surface area contributed by atoms with Crippen molar-refractivity contribution in [2.45, 2.75) is 0 Å². The highest BCUT2D eigenvalue weighted by Gasteiger charge is 2.35. The predicted molar refractivity (Wildman–Crippen MR) is 212 cm³/mol. The van der Waals surface area contributed by atoms with Crippen LogP contribution in [0.3, 0.4) is 0 Å². The predicted octanol–water partition coefficient (Wildman–Crippen LogP) is 11.6. The average Bonchev–Trinajstić information content (AvgIpc) is 3.18. The van der Waals surface area contributed by atoms with Crippen LogP contribution in [0, 0.1) is 0 Å². The number of hydrogen-bond acceptors (Lipinski definition) is 0. The van der Waals surface area contributed by atoms with Crippen LogP contribution in [0.4, 0.5) is 0 Å². The molecule has 230 valence electrons. The van der Waals surface area contributed by atoms with Gasteiger partial charge >= 0.3 is 0 Å². The van der Waals surface area contributed by atoms with Gasteiger partial charge in [-0.2, -0.15) is 0 Å². The van der Waals surface area contributed by atoms with Gasteiger partial charge in [-0.15, -0.1) is 0 Å². The largest absolute Gasteiger partial charge is 0.0990 e. The third-order valence-electron chi connectivity index (χ3n) is 8.96. The van der Waals surface area contributed by atoms with Gasteiger partial charge in [0.05, 0.1) is 0 Å². The first-order valence-electron chi connectivity index (χ1n) is 16.3. The molecule has 0 saturated carbocycles. The number of benzene rings is 6. The molecule has 0 aromatic heterocycles. The molecule has 1 aliphatic heterocycles. The zero-order chi connectivity index (χ0) is 32.8. The summed E-state index contributed by atoms with van der Waals surface area (Å²) in [7, 11) is 0. The van der Waals surface area contributed by atoms with Crippen molar-refractivity contribution in [1.29, 1.82) is 0 Å². The summed E-state index contributed by atoms with van der Waals surface area (Å²) in [6.07, 6.45) is 10.9. The first kappa shape index (κ1) is 30.9. The Bertz CT molecular complexity index is 2120. The van der Waals surface area contributed by atoms with Gasteiger partial charge in [0, 0.05) is 0 Å². The first-order valence-corrected chi connectivity index (χ1v) is 18.1. The maximum Gasteiger partial charge on any atom is -0.00763 e. The Labute approximate surface area is 285 Å². The van der Waals surface area contributed by atoms with Crippen molar-refractivity contribution in [3.05, 3.63) is 230 Å². The number of allylic oxidation sites excluding steroid dienone is 7. The third kappa shape index (κ3) is 5.84. The summed E-state index contributed by atoms with van der Waals surface area (Å²) in [4.78, 5) is 0. The summed E-state index contributed by atoms with van der Waals surface area (Å²) in [5.74, 6) is 0. The molecule has 0 unspecified atom stereocenters. The van der Waals surface area contributed by atoms with Crippen LogP contribution in [0.15, 0.2) is 219 Å². The quantitative estimate of drug-likeness (QED) is 0.110. The van der Waals surface area contributed by atoms with Gasteiger partial charge in [0.1, 0.15) is 0 Å². The van der Waals surface area contributed by atoms with E-state index in [1.807, 2.05) is 12.2 Å². The van der Waals surface area contributed by atoms with Crippen molar-refractivity contribution in [3.8, 4) is 22.3 Å². The number of hydrogen-bond donors (Lipinski definition) is 0. The smallest absolute Gasteiger partial charge is 0.00763 e. The second kappa shape index (κ2) is 14.0. The van der Waals surface area contributed by atoms with E-state index >= 15 is 0 Å². The Hall–Kier alpha value is -5.68. The highest BCUT2D eigenvalue weighted by atomic mass is 31.2. The molecular formula is C47H37P. The first-order chi connectivity index (χ1) is 23.7. The zero-order valence-corrected chi connectivity index (χ0v) is 27.8. The maximum absolute atomic E-state index is 4.34. The average molecular weight is 633 g/mol. The summed E-state index contributed by atoms with van der Waals surface area (Å²) < 4.78 is 0. The summed E-state index contributed by atoms with van der Waals surface area (Å²) in [5, 5.41) is 5.18. The van der Waals surface area contributed by atoms with Crippen LogP contribution in [0.2, 0.25) is 0 Å². The molecule has 0 bridgehead atoms. The van der Waals surface area contributed by atoms with Gasteiger partial charge in [0.25, 0.3) is 0 Å². The highest BCUT2D eigenvalue weighted by Crippen LogP contribution is 2.63. The topological polar surface area (TPSA) is 0 Å². The van der Waals surface area contributed by atoms with Gasteiger partial charge in [-0.3, -0.25) is 0 Å². The monoisotopic (exact) mass is 632 g/mol. The zero-order valence-electron chi connectivity index (χ0n) is 26.9. The van der Waals surface area contributed by atoms with E-state index in [9.17, 15) is 0 Å². The second-order valence-corrected chi connectivity index (χ2v) is 15.2. The normalized spacial score (nSPS) is 14.1. The molecule has 0 aliphatic carbocycles. The third-order valence-corrected chi connectivity index (χ3v) is 13.3. The molecule has 0 nitrogen and oxygen atoms in total. The fourth-order valence-electron chi connectivity index (χ4n) is 6.77. The molecule has 0 N–H and O–H groups in total. The van der Waals surface area contributed by atoms with Crippen molar-refractivity contribution in [2.24, 2.45) is 0 Å². The van der Waals surface area contributed by atoms with Crippen LogP contribution in [0.1, 0.15) is 11.1 Å². The molecule has 7 rings (SSSR count). The molecule has 0 radical (unpaired) electrons. The minimum Gasteiger partial charge on any atom is -0.0990 e. The van der Waals surface area contributed by atoms with Gasteiger partial charge in [0.2, 0.25) is 0 Å². The maximum atomic E-state index is 4.34. The van der Waals surface area contributed by atoms with E-state index in [0.717, 1.165) is 11.1 Å². The minimum absolute atomic E-state index is 1.08. The van der Waals surface area contributed by atoms with Gasteiger partial charge in [-0.05, 0) is 103 Å². The molecule has 1 heteroatoms. The van der Waals surface area contributed by atoms with Gasteiger partial charge in [-0.1, -0.05) is 183 Å². The molecule has 0 saturated heterocycles. The van der Waals surface area contributed by atoms with E-state index in [1.54, 1.807) is 0 Å². The molecule has 0 amide bonds. The molecule has 1 aliphatic rings. The van der Waals surface area contributed by atoms with E-state index in [1.165, 1.54) is 54.6 Å². The summed E-state index contributed by atoms with van der Waals surface area (Å²) >= 11 is 0. The molecule has 0 spiro atoms. The van der Waals surface area contributed by atoms with Crippen LogP contribution in [-0.4, -0.2) is 5.29 Å². The van der Waals surface area contributed by atoms with E-state index in [-0.39, 0.29) is 0 Å². The van der Waals surface area contributed by atoms with Crippen LogP contribution in [0.5, 0.6) is 0 Å². The molecule has 48 heavy (non-hydrogen) atoms. The van der Waals surface area contributed by atoms with Crippen molar-refractivity contribution in [1.82, 2.24) is 0 Å². The fraction of sp³-hybridized carbons (Fsp3) is 0. The Morgan fingerprint density at radius 3 is 1.29 bits per heavy atom. The molecule has 1 heterocycles. The van der Waals surface area contributed by atoms with Crippen molar-refractivity contribution < 1.29 is 0 Å².